The molecule has 8 atom stereocenters. The minimum Gasteiger partial charge on any atom is -0.481 e. The largest absolute Gasteiger partial charge is 0.481 e. The molecule has 0 amide bonds. The number of nitrogens with two attached hydrogens (primary N) is 1. The SMILES string of the molecule is CC(C)CCC[C@@H](C)[C@H]1CC[C@H]2[C@@H]3CC=C4C[C@@H](OC(=O)CCC(=O)O)CC[C@]4(C)[C@H]3CC[C@]12C.NC1CCCCC1. The van der Waals surface area contributed by atoms with Gasteiger partial charge in [-0.2, -0.15) is 0 Å². The summed E-state index contributed by atoms with van der Waals surface area (Å²) < 4.78 is 5.70. The molecular weight excluding hydrogens is 522 g/mol. The van der Waals surface area contributed by atoms with Crippen LogP contribution in [0.1, 0.15) is 150 Å². The normalized spacial score (nSPS) is 36.9. The number of rotatable bonds is 9. The van der Waals surface area contributed by atoms with Crippen molar-refractivity contribution < 1.29 is 19.4 Å². The number of hydrogen-bond donors (Lipinski definition) is 2. The van der Waals surface area contributed by atoms with Gasteiger partial charge < -0.3 is 15.6 Å². The van der Waals surface area contributed by atoms with Gasteiger partial charge in [0.05, 0.1) is 12.8 Å². The van der Waals surface area contributed by atoms with Crippen molar-refractivity contribution in [2.45, 2.75) is 162 Å². The topological polar surface area (TPSA) is 89.6 Å². The zero-order chi connectivity index (χ0) is 30.5. The van der Waals surface area contributed by atoms with Gasteiger partial charge in [-0.1, -0.05) is 84.8 Å². The first kappa shape index (κ1) is 33.5. The summed E-state index contributed by atoms with van der Waals surface area (Å²) >= 11 is 0. The lowest BCUT2D eigenvalue weighted by Crippen LogP contribution is -2.51. The molecule has 0 unspecified atom stereocenters. The van der Waals surface area contributed by atoms with E-state index in [1.165, 1.54) is 89.0 Å². The van der Waals surface area contributed by atoms with Gasteiger partial charge in [0.25, 0.3) is 0 Å². The third kappa shape index (κ3) is 7.83. The summed E-state index contributed by atoms with van der Waals surface area (Å²) in [4.78, 5) is 22.9. The molecule has 0 bridgehead atoms. The average molecular weight is 586 g/mol. The quantitative estimate of drug-likeness (QED) is 0.208. The zero-order valence-electron chi connectivity index (χ0n) is 27.7. The number of carboxylic acid groups (broad SMARTS) is 1. The highest BCUT2D eigenvalue weighted by Crippen LogP contribution is 2.67. The fourth-order valence-electron chi connectivity index (χ4n) is 10.3. The number of hydrogen-bond acceptors (Lipinski definition) is 4. The summed E-state index contributed by atoms with van der Waals surface area (Å²) in [6.45, 7) is 12.4. The maximum absolute atomic E-state index is 12.1. The van der Waals surface area contributed by atoms with Crippen LogP contribution in [0, 0.1) is 46.3 Å². The maximum atomic E-state index is 12.1. The van der Waals surface area contributed by atoms with Crippen molar-refractivity contribution in [1.82, 2.24) is 0 Å². The molecule has 0 aromatic rings. The Hall–Kier alpha value is -1.36. The Morgan fingerprint density at radius 3 is 2.33 bits per heavy atom. The van der Waals surface area contributed by atoms with Gasteiger partial charge >= 0.3 is 11.9 Å². The second-order valence-corrected chi connectivity index (χ2v) is 15.9. The predicted octanol–water partition coefficient (Wildman–Crippen LogP) is 9.08. The molecule has 4 saturated carbocycles. The van der Waals surface area contributed by atoms with E-state index < -0.39 is 5.97 Å². The van der Waals surface area contributed by atoms with Crippen LogP contribution in [0.25, 0.3) is 0 Å². The number of esters is 1. The molecule has 42 heavy (non-hydrogen) atoms. The van der Waals surface area contributed by atoms with E-state index in [-0.39, 0.29) is 30.3 Å². The van der Waals surface area contributed by atoms with E-state index in [4.69, 9.17) is 15.6 Å². The average Bonchev–Trinajstić information content (AvgIpc) is 3.30. The van der Waals surface area contributed by atoms with Gasteiger partial charge in [-0.3, -0.25) is 9.59 Å². The number of fused-ring (bicyclic) bond motifs is 5. The van der Waals surface area contributed by atoms with Crippen LogP contribution in [0.2, 0.25) is 0 Å². The molecule has 0 saturated heterocycles. The van der Waals surface area contributed by atoms with Gasteiger partial charge in [0.2, 0.25) is 0 Å². The molecule has 5 aliphatic carbocycles. The van der Waals surface area contributed by atoms with Gasteiger partial charge in [0.15, 0.2) is 0 Å². The monoisotopic (exact) mass is 585 g/mol. The fourth-order valence-corrected chi connectivity index (χ4v) is 10.3. The smallest absolute Gasteiger partial charge is 0.306 e. The maximum Gasteiger partial charge on any atom is 0.306 e. The van der Waals surface area contributed by atoms with Crippen LogP contribution in [0.5, 0.6) is 0 Å². The molecule has 0 spiro atoms. The first-order valence-corrected chi connectivity index (χ1v) is 17.8. The van der Waals surface area contributed by atoms with Gasteiger partial charge in [0.1, 0.15) is 6.10 Å². The van der Waals surface area contributed by atoms with Crippen LogP contribution >= 0.6 is 0 Å². The number of ether oxygens (including phenoxy) is 1. The van der Waals surface area contributed by atoms with Gasteiger partial charge in [-0.05, 0) is 104 Å². The summed E-state index contributed by atoms with van der Waals surface area (Å²) in [6, 6.07) is 0.536. The molecule has 4 fully saturated rings. The lowest BCUT2D eigenvalue weighted by molar-refractivity contribution is -0.154. The van der Waals surface area contributed by atoms with Crippen molar-refractivity contribution in [2.75, 3.05) is 0 Å². The second-order valence-electron chi connectivity index (χ2n) is 15.9. The second kappa shape index (κ2) is 14.6. The predicted molar refractivity (Wildman–Crippen MR) is 171 cm³/mol. The number of aliphatic carboxylic acids is 1. The van der Waals surface area contributed by atoms with E-state index in [0.717, 1.165) is 54.8 Å². The molecule has 5 rings (SSSR count). The molecule has 5 nitrogen and oxygen atoms in total. The summed E-state index contributed by atoms with van der Waals surface area (Å²) in [5, 5.41) is 8.84. The first-order chi connectivity index (χ1) is 19.9. The fraction of sp³-hybridized carbons (Fsp3) is 0.892. The van der Waals surface area contributed by atoms with Crippen molar-refractivity contribution in [1.29, 1.82) is 0 Å². The zero-order valence-corrected chi connectivity index (χ0v) is 27.7. The van der Waals surface area contributed by atoms with Crippen LogP contribution in [0.15, 0.2) is 11.6 Å². The Morgan fingerprint density at radius 1 is 0.952 bits per heavy atom. The molecular formula is C37H63NO4. The Bertz CT molecular complexity index is 938. The minimum absolute atomic E-state index is 0.0236. The Kier molecular flexibility index (Phi) is 11.7. The molecule has 240 valence electrons. The van der Waals surface area contributed by atoms with E-state index in [1.807, 2.05) is 0 Å². The molecule has 0 heterocycles. The first-order valence-electron chi connectivity index (χ1n) is 17.8. The van der Waals surface area contributed by atoms with Crippen molar-refractivity contribution in [3.63, 3.8) is 0 Å². The summed E-state index contributed by atoms with van der Waals surface area (Å²) in [7, 11) is 0. The molecule has 5 aliphatic rings. The molecule has 0 aliphatic heterocycles. The van der Waals surface area contributed by atoms with E-state index in [9.17, 15) is 9.59 Å². The van der Waals surface area contributed by atoms with Gasteiger partial charge in [0, 0.05) is 12.5 Å². The highest BCUT2D eigenvalue weighted by molar-refractivity contribution is 5.76. The van der Waals surface area contributed by atoms with Crippen molar-refractivity contribution in [3.8, 4) is 0 Å². The lowest BCUT2D eigenvalue weighted by Gasteiger charge is -2.58. The Labute approximate surface area is 257 Å². The molecule has 3 N–H and O–H groups in total. The third-order valence-corrected chi connectivity index (χ3v) is 12.8. The molecule has 0 radical (unpaired) electrons. The van der Waals surface area contributed by atoms with E-state index in [1.54, 1.807) is 0 Å². The third-order valence-electron chi connectivity index (χ3n) is 12.8. The highest BCUT2D eigenvalue weighted by Gasteiger charge is 2.59. The van der Waals surface area contributed by atoms with E-state index in [0.29, 0.717) is 11.5 Å². The summed E-state index contributed by atoms with van der Waals surface area (Å²) in [5.74, 6) is 3.68. The van der Waals surface area contributed by atoms with Gasteiger partial charge in [-0.15, -0.1) is 0 Å². The van der Waals surface area contributed by atoms with E-state index in [2.05, 4.69) is 40.7 Å². The van der Waals surface area contributed by atoms with Gasteiger partial charge in [-0.25, -0.2) is 0 Å². The van der Waals surface area contributed by atoms with Crippen LogP contribution < -0.4 is 5.73 Å². The molecule has 5 heteroatoms. The molecule has 0 aromatic carbocycles. The van der Waals surface area contributed by atoms with Crippen molar-refractivity contribution >= 4 is 11.9 Å². The lowest BCUT2D eigenvalue weighted by atomic mass is 9.47. The molecule has 0 aromatic heterocycles. The number of allylic oxidation sites excluding steroid dienone is 1. The van der Waals surface area contributed by atoms with Crippen LogP contribution in [0.4, 0.5) is 0 Å². The Morgan fingerprint density at radius 2 is 1.69 bits per heavy atom. The van der Waals surface area contributed by atoms with E-state index >= 15 is 0 Å². The van der Waals surface area contributed by atoms with Crippen LogP contribution in [0.3, 0.4) is 0 Å². The van der Waals surface area contributed by atoms with Crippen molar-refractivity contribution in [2.24, 2.45) is 52.1 Å². The van der Waals surface area contributed by atoms with Crippen LogP contribution in [-0.2, 0) is 14.3 Å². The highest BCUT2D eigenvalue weighted by atomic mass is 16.5. The number of carbonyl (C=O) groups is 2. The standard InChI is InChI=1S/C31H50O4.C6H13N/c1-20(2)7-6-8-21(3)25-11-12-26-24-10-9-22-19-23(35-29(34)14-13-28(32)33)15-17-30(22,4)27(24)16-18-31(25,26)5;7-6-4-2-1-3-5-6/h9,20-21,23-27H,6-8,10-19H2,1-5H3,(H,32,33);6H,1-5,7H2/t21-,23+,24+,25-,26+,27+,30+,31-;/m1./s1. The van der Waals surface area contributed by atoms with Crippen LogP contribution in [-0.4, -0.2) is 29.2 Å². The minimum atomic E-state index is -0.942. The number of carbonyl (C=O) groups excluding carboxylic acids is 1. The van der Waals surface area contributed by atoms with Crippen molar-refractivity contribution in [3.05, 3.63) is 11.6 Å². The summed E-state index contributed by atoms with van der Waals surface area (Å²) in [6.07, 6.45) is 22.7. The summed E-state index contributed by atoms with van der Waals surface area (Å²) in [5.41, 5.74) is 7.91. The number of carboxylic acids is 1. The Balaban J connectivity index is 0.000000507.